The van der Waals surface area contributed by atoms with Gasteiger partial charge in [-0.1, -0.05) is 12.5 Å². The highest BCUT2D eigenvalue weighted by atomic mass is 16.3. The van der Waals surface area contributed by atoms with Crippen molar-refractivity contribution in [1.82, 2.24) is 0 Å². The zero-order valence-electron chi connectivity index (χ0n) is 14.4. The van der Waals surface area contributed by atoms with Gasteiger partial charge in [0.1, 0.15) is 5.78 Å². The minimum Gasteiger partial charge on any atom is -0.860 e. The Hall–Kier alpha value is -2.12. The molecule has 0 aliphatic heterocycles. The first-order valence-electron chi connectivity index (χ1n) is 8.93. The molecule has 1 radical (unpaired) electrons. The molecule has 133 valence electrons. The highest BCUT2D eigenvalue weighted by molar-refractivity contribution is 5.93. The molecule has 5 nitrogen and oxygen atoms in total. The predicted molar refractivity (Wildman–Crippen MR) is 85.7 cm³/mol. The van der Waals surface area contributed by atoms with Crippen molar-refractivity contribution in [2.75, 3.05) is 6.61 Å². The molecule has 0 saturated heterocycles. The first kappa shape index (κ1) is 17.3. The Bertz CT molecular complexity index is 838. The molecule has 6 atom stereocenters. The van der Waals surface area contributed by atoms with E-state index in [9.17, 15) is 24.9 Å². The molecule has 0 heterocycles. The standard InChI is InChI=1S/C21H19O5/c1-19-7-5-13(23)9-12(19)3-4-14-15-6-8-21(26,17(25)11-22)20(15,2)10-16(24)18(14)19/h14-15,18H,1-4,6,8,10-11H2/t14-,15-,18+,19-,20-,21-/m0/s1. The van der Waals surface area contributed by atoms with Crippen molar-refractivity contribution >= 4 is 11.6 Å². The molecule has 0 bridgehead atoms. The highest BCUT2D eigenvalue weighted by Gasteiger charge is 2.74. The Morgan fingerprint density at radius 3 is 2.73 bits per heavy atom. The van der Waals surface area contributed by atoms with Crippen molar-refractivity contribution in [3.63, 3.8) is 0 Å². The Balaban J connectivity index is 1.78. The number of allylic oxidation sites excluding steroid dienone is 1. The first-order chi connectivity index (χ1) is 12.2. The quantitative estimate of drug-likeness (QED) is 0.395. The van der Waals surface area contributed by atoms with Gasteiger partial charge < -0.3 is 10.2 Å². The largest absolute Gasteiger partial charge is 0.860 e. The first-order valence-corrected chi connectivity index (χ1v) is 8.93. The van der Waals surface area contributed by atoms with Crippen molar-refractivity contribution in [3.05, 3.63) is 30.9 Å². The lowest BCUT2D eigenvalue weighted by molar-refractivity contribution is -0.358. The molecule has 26 heavy (non-hydrogen) atoms. The van der Waals surface area contributed by atoms with Crippen molar-refractivity contribution < 1.29 is 24.9 Å². The van der Waals surface area contributed by atoms with Gasteiger partial charge in [-0.15, -0.1) is 5.73 Å². The fraction of sp³-hybridized carbons (Fsp3) is 0.571. The zero-order valence-corrected chi connectivity index (χ0v) is 14.4. The van der Waals surface area contributed by atoms with Gasteiger partial charge >= 0.3 is 0 Å². The van der Waals surface area contributed by atoms with Crippen LogP contribution in [-0.4, -0.2) is 23.8 Å². The van der Waals surface area contributed by atoms with E-state index in [1.54, 1.807) is 0 Å². The van der Waals surface area contributed by atoms with Crippen LogP contribution in [0.2, 0.25) is 0 Å². The van der Waals surface area contributed by atoms with E-state index in [0.717, 1.165) is 0 Å². The molecule has 3 fully saturated rings. The van der Waals surface area contributed by atoms with Crippen molar-refractivity contribution in [2.24, 2.45) is 28.6 Å². The van der Waals surface area contributed by atoms with Crippen LogP contribution < -0.4 is 10.2 Å². The molecular weight excluding hydrogens is 332 g/mol. The SMILES string of the molecule is [CH2+][C@]12C#CC([O-])=C=C1CC[C@@H]1[C@@H]2C(=O)C[C@@]2([CH2+])[C@H]1CC[C@]2([O])C(=O)C[O-]. The van der Waals surface area contributed by atoms with Crippen LogP contribution in [0.25, 0.3) is 0 Å². The van der Waals surface area contributed by atoms with E-state index in [1.807, 2.05) is 0 Å². The highest BCUT2D eigenvalue weighted by Crippen LogP contribution is 2.65. The maximum absolute atomic E-state index is 13.3. The molecule has 3 saturated carbocycles. The van der Waals surface area contributed by atoms with Gasteiger partial charge in [0.05, 0.1) is 26.2 Å². The van der Waals surface area contributed by atoms with E-state index in [-0.39, 0.29) is 30.5 Å². The molecular formula is C21H19O5. The van der Waals surface area contributed by atoms with Crippen LogP contribution in [-0.2, 0) is 14.7 Å². The average molecular weight is 351 g/mol. The van der Waals surface area contributed by atoms with Crippen LogP contribution in [0.3, 0.4) is 0 Å². The van der Waals surface area contributed by atoms with Crippen molar-refractivity contribution in [3.8, 4) is 11.8 Å². The number of fused-ring (bicyclic) bond motifs is 5. The lowest BCUT2D eigenvalue weighted by atomic mass is 9.47. The van der Waals surface area contributed by atoms with E-state index in [1.165, 1.54) is 0 Å². The van der Waals surface area contributed by atoms with E-state index in [4.69, 9.17) is 0 Å². The number of carbonyl (C=O) groups excluding carboxylic acids is 2. The van der Waals surface area contributed by atoms with E-state index < -0.39 is 40.5 Å². The van der Waals surface area contributed by atoms with E-state index in [0.29, 0.717) is 24.8 Å². The molecule has 0 aromatic rings. The smallest absolute Gasteiger partial charge is 0.205 e. The van der Waals surface area contributed by atoms with Crippen LogP contribution in [0.4, 0.5) is 0 Å². The van der Waals surface area contributed by atoms with Crippen LogP contribution in [0.1, 0.15) is 32.1 Å². The molecule has 0 unspecified atom stereocenters. The van der Waals surface area contributed by atoms with Crippen molar-refractivity contribution in [1.29, 1.82) is 0 Å². The van der Waals surface area contributed by atoms with Crippen LogP contribution >= 0.6 is 0 Å². The Morgan fingerprint density at radius 2 is 2.04 bits per heavy atom. The monoisotopic (exact) mass is 351 g/mol. The van der Waals surface area contributed by atoms with Gasteiger partial charge in [0.25, 0.3) is 0 Å². The van der Waals surface area contributed by atoms with E-state index >= 15 is 0 Å². The fourth-order valence-corrected chi connectivity index (χ4v) is 5.90. The molecule has 0 aromatic heterocycles. The summed E-state index contributed by atoms with van der Waals surface area (Å²) in [5.74, 6) is 2.96. The third-order valence-corrected chi connectivity index (χ3v) is 7.15. The summed E-state index contributed by atoms with van der Waals surface area (Å²) in [6.45, 7) is 7.17. The summed E-state index contributed by atoms with van der Waals surface area (Å²) in [5, 5.41) is 36.0. The summed E-state index contributed by atoms with van der Waals surface area (Å²) in [6, 6.07) is 0. The second-order valence-corrected chi connectivity index (χ2v) is 8.17. The van der Waals surface area contributed by atoms with Gasteiger partial charge in [-0.05, 0) is 43.3 Å². The van der Waals surface area contributed by atoms with Crippen molar-refractivity contribution in [2.45, 2.75) is 37.7 Å². The Labute approximate surface area is 152 Å². The predicted octanol–water partition coefficient (Wildman–Crippen LogP) is -0.0784. The Morgan fingerprint density at radius 1 is 1.31 bits per heavy atom. The lowest BCUT2D eigenvalue weighted by Crippen LogP contribution is -2.60. The third kappa shape index (κ3) is 1.90. The van der Waals surface area contributed by atoms with Gasteiger partial charge in [-0.25, -0.2) is 5.11 Å². The summed E-state index contributed by atoms with van der Waals surface area (Å²) >= 11 is 0. The summed E-state index contributed by atoms with van der Waals surface area (Å²) in [7, 11) is 0. The lowest BCUT2D eigenvalue weighted by Gasteiger charge is -2.49. The van der Waals surface area contributed by atoms with Gasteiger partial charge in [-0.3, -0.25) is 9.59 Å². The summed E-state index contributed by atoms with van der Waals surface area (Å²) in [4.78, 5) is 25.2. The molecule has 5 heteroatoms. The number of hydrogen-bond acceptors (Lipinski definition) is 4. The van der Waals surface area contributed by atoms with Gasteiger partial charge in [0.15, 0.2) is 11.2 Å². The summed E-state index contributed by atoms with van der Waals surface area (Å²) < 4.78 is 0. The maximum atomic E-state index is 13.3. The summed E-state index contributed by atoms with van der Waals surface area (Å²) in [6.07, 6.45) is 1.51. The maximum Gasteiger partial charge on any atom is 0.205 e. The number of Topliss-reactive ketones (excluding diaryl/α,β-unsaturated/α-hetero) is 2. The van der Waals surface area contributed by atoms with Crippen LogP contribution in [0, 0.1) is 54.3 Å². The molecule has 0 amide bonds. The molecule has 0 spiro atoms. The molecule has 4 aliphatic carbocycles. The van der Waals surface area contributed by atoms with E-state index in [2.05, 4.69) is 31.4 Å². The molecule has 0 N–H and O–H groups in total. The minimum absolute atomic E-state index is 0.0435. The van der Waals surface area contributed by atoms with Crippen LogP contribution in [0.5, 0.6) is 0 Å². The Kier molecular flexibility index (Phi) is 3.46. The average Bonchev–Trinajstić information content (AvgIpc) is 2.86. The third-order valence-electron chi connectivity index (χ3n) is 7.15. The zero-order chi connectivity index (χ0) is 18.9. The second kappa shape index (κ2) is 5.20. The minimum atomic E-state index is -2.09. The number of ketones is 2. The fourth-order valence-electron chi connectivity index (χ4n) is 5.90. The topological polar surface area (TPSA) is 100 Å². The van der Waals surface area contributed by atoms with Crippen LogP contribution in [0.15, 0.2) is 17.1 Å². The number of rotatable bonds is 2. The van der Waals surface area contributed by atoms with Gasteiger partial charge in [0, 0.05) is 11.5 Å². The molecule has 4 rings (SSSR count). The second-order valence-electron chi connectivity index (χ2n) is 8.17. The number of carbonyl (C=O) groups is 2. The molecule has 4 aliphatic rings. The van der Waals surface area contributed by atoms with Gasteiger partial charge in [0.2, 0.25) is 11.0 Å². The van der Waals surface area contributed by atoms with Gasteiger partial charge in [-0.2, -0.15) is 0 Å². The normalized spacial score (nSPS) is 46.1. The molecule has 0 aromatic carbocycles. The summed E-state index contributed by atoms with van der Waals surface area (Å²) in [5.41, 5.74) is -0.969. The number of hydrogen-bond donors (Lipinski definition) is 0.